The third-order valence-corrected chi connectivity index (χ3v) is 0. The van der Waals surface area contributed by atoms with Crippen LogP contribution >= 0.6 is 129 Å². The summed E-state index contributed by atoms with van der Waals surface area (Å²) in [5.74, 6) is 0. The zero-order chi connectivity index (χ0) is 0. The molecule has 0 rings (SSSR count). The van der Waals surface area contributed by atoms with Crippen LogP contribution in [0.25, 0.3) is 0 Å². The summed E-state index contributed by atoms with van der Waals surface area (Å²) in [6, 6.07) is 0. The molecule has 0 aromatic rings. The first-order valence-electron chi connectivity index (χ1n) is 0. The lowest BCUT2D eigenvalue weighted by atomic mass is 31.0. The molecule has 0 bridgehead atoms. The van der Waals surface area contributed by atoms with E-state index in [-0.39, 0.29) is 129 Å². The highest BCUT2D eigenvalue weighted by Gasteiger charge is 0.00110. The molecule has 0 aromatic heterocycles. The van der Waals surface area contributed by atoms with Gasteiger partial charge in [-0.1, -0.05) is 0 Å². The van der Waals surface area contributed by atoms with Crippen LogP contribution < -0.4 is 0 Å². The van der Waals surface area contributed by atoms with Crippen LogP contribution in [-0.2, 0) is 0 Å². The van der Waals surface area contributed by atoms with Gasteiger partial charge in [0.2, 0.25) is 0 Å². The van der Waals surface area contributed by atoms with Crippen molar-refractivity contribution in [3.05, 3.63) is 0 Å². The van der Waals surface area contributed by atoms with Crippen LogP contribution in [0.1, 0.15) is 0 Å². The molecule has 0 saturated carbocycles. The molecule has 58 valence electrons. The SMILES string of the molecule is Cl.Cl.Cl.I.I.I.[P].[P]. The molecular formula is H6Cl3I3P2. The fourth-order valence-electron chi connectivity index (χ4n) is 0. The van der Waals surface area contributed by atoms with E-state index in [0.29, 0.717) is 0 Å². The number of hydrogen-bond acceptors (Lipinski definition) is 0. The summed E-state index contributed by atoms with van der Waals surface area (Å²) in [4.78, 5) is 0. The fourth-order valence-corrected chi connectivity index (χ4v) is 0. The molecule has 6 radical (unpaired) electrons. The first kappa shape index (κ1) is 92.5. The highest BCUT2D eigenvalue weighted by atomic mass is 127. The Morgan fingerprint density at radius 2 is 0.375 bits per heavy atom. The Morgan fingerprint density at radius 1 is 0.375 bits per heavy atom. The van der Waals surface area contributed by atoms with Gasteiger partial charge in [0, 0.05) is 19.8 Å². The Kier molecular flexibility index (Phi) is 809. The van der Waals surface area contributed by atoms with Gasteiger partial charge in [0.1, 0.15) is 0 Å². The van der Waals surface area contributed by atoms with Gasteiger partial charge in [-0.15, -0.1) is 109 Å². The normalized spacial score (nSPS) is 0. The summed E-state index contributed by atoms with van der Waals surface area (Å²) >= 11 is 0. The van der Waals surface area contributed by atoms with E-state index in [1.54, 1.807) is 0 Å². The van der Waals surface area contributed by atoms with E-state index in [1.807, 2.05) is 0 Å². The molecule has 0 amide bonds. The lowest BCUT2D eigenvalue weighted by Crippen LogP contribution is 0.689. The summed E-state index contributed by atoms with van der Waals surface area (Å²) in [5.41, 5.74) is 0. The van der Waals surface area contributed by atoms with Crippen molar-refractivity contribution in [2.45, 2.75) is 0 Å². The van der Waals surface area contributed by atoms with E-state index in [1.165, 1.54) is 0 Å². The Balaban J connectivity index is 0. The van der Waals surface area contributed by atoms with Crippen molar-refractivity contribution in [3.8, 4) is 0 Å². The predicted octanol–water partition coefficient (Wildman–Crippen LogP) is 4.84. The molecule has 0 aliphatic heterocycles. The Morgan fingerprint density at radius 3 is 0.375 bits per heavy atom. The third kappa shape index (κ3) is 51.4. The van der Waals surface area contributed by atoms with Gasteiger partial charge in [-0.25, -0.2) is 0 Å². The predicted molar refractivity (Wildman–Crippen MR) is 81.8 cm³/mol. The van der Waals surface area contributed by atoms with Crippen LogP contribution in [0.4, 0.5) is 0 Å². The maximum Gasteiger partial charge on any atom is 0 e. The lowest BCUT2D eigenvalue weighted by Gasteiger charge is -0.148. The molecule has 0 heterocycles. The van der Waals surface area contributed by atoms with Crippen LogP contribution in [0.3, 0.4) is 0 Å². The van der Waals surface area contributed by atoms with E-state index in [0.717, 1.165) is 0 Å². The minimum atomic E-state index is 0. The van der Waals surface area contributed by atoms with Crippen molar-refractivity contribution >= 4 is 129 Å². The molecule has 0 atom stereocenters. The Labute approximate surface area is 127 Å². The van der Waals surface area contributed by atoms with Gasteiger partial charge in [0.05, 0.1) is 0 Å². The highest BCUT2D eigenvalue weighted by molar-refractivity contribution is 14.0. The molecule has 0 aliphatic carbocycles. The van der Waals surface area contributed by atoms with E-state index in [2.05, 4.69) is 0 Å². The molecule has 0 spiro atoms. The minimum Gasteiger partial charge on any atom is -0.147 e. The summed E-state index contributed by atoms with van der Waals surface area (Å²) in [6.45, 7) is 0. The molecule has 0 fully saturated rings. The van der Waals surface area contributed by atoms with Crippen LogP contribution in [-0.4, -0.2) is 0 Å². The first-order valence-corrected chi connectivity index (χ1v) is 0. The van der Waals surface area contributed by atoms with Crippen LogP contribution in [0.15, 0.2) is 0 Å². The molecule has 0 unspecified atom stereocenters. The molecular weight excluding hydrogens is 549 g/mol. The monoisotopic (exact) mass is 554 g/mol. The second-order valence-electron chi connectivity index (χ2n) is 0. The lowest BCUT2D eigenvalue weighted by molar-refractivity contribution is 5.85. The van der Waals surface area contributed by atoms with Gasteiger partial charge in [-0.05, 0) is 0 Å². The van der Waals surface area contributed by atoms with Crippen molar-refractivity contribution in [3.63, 3.8) is 0 Å². The largest absolute Gasteiger partial charge is 0.147 e. The van der Waals surface area contributed by atoms with Crippen molar-refractivity contribution in [2.75, 3.05) is 0 Å². The van der Waals surface area contributed by atoms with E-state index in [9.17, 15) is 0 Å². The number of hydrogen-bond donors (Lipinski definition) is 0. The minimum absolute atomic E-state index is 0. The summed E-state index contributed by atoms with van der Waals surface area (Å²) < 4.78 is 0. The molecule has 0 aliphatic rings. The summed E-state index contributed by atoms with van der Waals surface area (Å²) in [5, 5.41) is 0. The standard InChI is InChI=1S/3ClH.3HI.2P/h6*1H;;. The maximum absolute atomic E-state index is 0. The van der Waals surface area contributed by atoms with Crippen molar-refractivity contribution in [1.29, 1.82) is 0 Å². The van der Waals surface area contributed by atoms with Gasteiger partial charge >= 0.3 is 0 Å². The van der Waals surface area contributed by atoms with E-state index < -0.39 is 0 Å². The maximum atomic E-state index is 0. The van der Waals surface area contributed by atoms with Crippen molar-refractivity contribution < 1.29 is 0 Å². The van der Waals surface area contributed by atoms with Gasteiger partial charge in [-0.2, -0.15) is 0 Å². The molecule has 8 heavy (non-hydrogen) atoms. The number of rotatable bonds is 0. The molecule has 0 nitrogen and oxygen atoms in total. The quantitative estimate of drug-likeness (QED) is 0.297. The Hall–Kier alpha value is 3.92. The van der Waals surface area contributed by atoms with Crippen molar-refractivity contribution in [2.24, 2.45) is 0 Å². The average Bonchev–Trinajstić information content (AvgIpc) is 0. The fraction of sp³-hybridized carbons (Fsp3) is 0. The topological polar surface area (TPSA) is 0 Å². The smallest absolute Gasteiger partial charge is 0 e. The zero-order valence-corrected chi connectivity index (χ0v) is 14.6. The number of halogens is 6. The average molecular weight is 555 g/mol. The third-order valence-electron chi connectivity index (χ3n) is 0. The van der Waals surface area contributed by atoms with Gasteiger partial charge in [0.25, 0.3) is 0 Å². The second kappa shape index (κ2) is 69.9. The molecule has 8 heteroatoms. The molecule has 0 N–H and O–H groups in total. The van der Waals surface area contributed by atoms with Gasteiger partial charge in [0.15, 0.2) is 0 Å². The first-order chi connectivity index (χ1) is 0. The summed E-state index contributed by atoms with van der Waals surface area (Å²) in [6.07, 6.45) is 0. The van der Waals surface area contributed by atoms with E-state index >= 15 is 0 Å². The van der Waals surface area contributed by atoms with Gasteiger partial charge in [-0.3, -0.25) is 0 Å². The van der Waals surface area contributed by atoms with Crippen LogP contribution in [0.2, 0.25) is 0 Å². The molecule has 0 aromatic carbocycles. The van der Waals surface area contributed by atoms with Crippen molar-refractivity contribution in [1.82, 2.24) is 0 Å². The molecule has 0 saturated heterocycles. The Bertz CT molecular complexity index is 12.5. The summed E-state index contributed by atoms with van der Waals surface area (Å²) in [7, 11) is 0. The highest BCUT2D eigenvalue weighted by Crippen LogP contribution is 0.888. The van der Waals surface area contributed by atoms with E-state index in [4.69, 9.17) is 0 Å². The van der Waals surface area contributed by atoms with Crippen LogP contribution in [0.5, 0.6) is 0 Å². The van der Waals surface area contributed by atoms with Crippen LogP contribution in [0, 0.1) is 0 Å². The zero-order valence-electron chi connectivity index (χ0n) is 3.34. The van der Waals surface area contributed by atoms with Gasteiger partial charge < -0.3 is 0 Å². The second-order valence-corrected chi connectivity index (χ2v) is 0.